The van der Waals surface area contributed by atoms with Crippen molar-refractivity contribution in [3.8, 4) is 5.69 Å². The van der Waals surface area contributed by atoms with Gasteiger partial charge in [-0.25, -0.2) is 9.48 Å². The molecule has 24 heavy (non-hydrogen) atoms. The summed E-state index contributed by atoms with van der Waals surface area (Å²) >= 11 is 0. The lowest BCUT2D eigenvalue weighted by Crippen LogP contribution is -2.36. The number of benzene rings is 2. The van der Waals surface area contributed by atoms with Crippen LogP contribution in [0.4, 0.5) is 4.79 Å². The average Bonchev–Trinajstić information content (AvgIpc) is 3.15. The first-order valence-corrected chi connectivity index (χ1v) is 7.84. The van der Waals surface area contributed by atoms with Gasteiger partial charge in [-0.3, -0.25) is 0 Å². The minimum atomic E-state index is -0.0880. The van der Waals surface area contributed by atoms with Gasteiger partial charge in [-0.1, -0.05) is 42.5 Å². The number of amides is 2. The van der Waals surface area contributed by atoms with Crippen molar-refractivity contribution in [3.63, 3.8) is 0 Å². The molecule has 0 aliphatic heterocycles. The number of rotatable bonds is 5. The maximum Gasteiger partial charge on any atom is 0.317 e. The summed E-state index contributed by atoms with van der Waals surface area (Å²) in [5, 5.41) is 7.13. The highest BCUT2D eigenvalue weighted by molar-refractivity contribution is 5.73. The molecule has 1 heterocycles. The van der Waals surface area contributed by atoms with E-state index in [0.717, 1.165) is 16.8 Å². The number of urea groups is 1. The van der Waals surface area contributed by atoms with Gasteiger partial charge >= 0.3 is 6.03 Å². The summed E-state index contributed by atoms with van der Waals surface area (Å²) < 4.78 is 1.80. The maximum atomic E-state index is 12.2. The Balaban J connectivity index is 1.52. The Hall–Kier alpha value is -3.08. The molecule has 0 saturated carbocycles. The first kappa shape index (κ1) is 15.8. The summed E-state index contributed by atoms with van der Waals surface area (Å²) in [4.78, 5) is 13.8. The number of hydrogen-bond acceptors (Lipinski definition) is 2. The molecule has 1 aromatic heterocycles. The highest BCUT2D eigenvalue weighted by Crippen LogP contribution is 2.09. The summed E-state index contributed by atoms with van der Waals surface area (Å²) in [5.74, 6) is 0. The third-order valence-electron chi connectivity index (χ3n) is 3.76. The summed E-state index contributed by atoms with van der Waals surface area (Å²) in [6, 6.07) is 19.7. The monoisotopic (exact) mass is 320 g/mol. The van der Waals surface area contributed by atoms with E-state index in [4.69, 9.17) is 0 Å². The lowest BCUT2D eigenvalue weighted by molar-refractivity contribution is 0.206. The van der Waals surface area contributed by atoms with Gasteiger partial charge < -0.3 is 10.2 Å². The summed E-state index contributed by atoms with van der Waals surface area (Å²) in [6.07, 6.45) is 3.64. The van der Waals surface area contributed by atoms with E-state index < -0.39 is 0 Å². The van der Waals surface area contributed by atoms with Gasteiger partial charge in [0.25, 0.3) is 0 Å². The smallest absolute Gasteiger partial charge is 0.317 e. The molecule has 0 saturated heterocycles. The summed E-state index contributed by atoms with van der Waals surface area (Å²) in [6.45, 7) is 1.09. The van der Waals surface area contributed by atoms with Crippen LogP contribution in [0.3, 0.4) is 0 Å². The molecule has 2 amide bonds. The molecule has 5 nitrogen and oxygen atoms in total. The van der Waals surface area contributed by atoms with Crippen LogP contribution in [-0.4, -0.2) is 27.8 Å². The fourth-order valence-corrected chi connectivity index (χ4v) is 2.43. The molecule has 0 aliphatic carbocycles. The second kappa shape index (κ2) is 7.46. The quantitative estimate of drug-likeness (QED) is 0.785. The molecule has 0 radical (unpaired) electrons. The Morgan fingerprint density at radius 3 is 2.46 bits per heavy atom. The molecule has 0 aliphatic rings. The second-order valence-electron chi connectivity index (χ2n) is 5.62. The van der Waals surface area contributed by atoms with Crippen LogP contribution in [0.5, 0.6) is 0 Å². The van der Waals surface area contributed by atoms with Crippen molar-refractivity contribution in [2.75, 3.05) is 7.05 Å². The standard InChI is InChI=1S/C19H20N4O/c1-22(15-17-6-3-2-4-7-17)19(24)20-14-16-8-10-18(11-9-16)23-13-5-12-21-23/h2-13H,14-15H2,1H3,(H,20,24). The van der Waals surface area contributed by atoms with Crippen molar-refractivity contribution in [2.45, 2.75) is 13.1 Å². The topological polar surface area (TPSA) is 50.2 Å². The highest BCUT2D eigenvalue weighted by atomic mass is 16.2. The minimum Gasteiger partial charge on any atom is -0.334 e. The second-order valence-corrected chi connectivity index (χ2v) is 5.62. The molecule has 3 rings (SSSR count). The molecule has 0 unspecified atom stereocenters. The molecular weight excluding hydrogens is 300 g/mol. The van der Waals surface area contributed by atoms with Crippen molar-refractivity contribution in [1.29, 1.82) is 0 Å². The van der Waals surface area contributed by atoms with Crippen LogP contribution in [0.2, 0.25) is 0 Å². The number of nitrogens with one attached hydrogen (secondary N) is 1. The average molecular weight is 320 g/mol. The number of carbonyl (C=O) groups excluding carboxylic acids is 1. The molecule has 122 valence electrons. The van der Waals surface area contributed by atoms with Gasteiger partial charge in [0.05, 0.1) is 5.69 Å². The van der Waals surface area contributed by atoms with Gasteiger partial charge in [0.1, 0.15) is 0 Å². The van der Waals surface area contributed by atoms with Crippen molar-refractivity contribution < 1.29 is 4.79 Å². The van der Waals surface area contributed by atoms with Crippen molar-refractivity contribution in [2.24, 2.45) is 0 Å². The van der Waals surface area contributed by atoms with Crippen LogP contribution in [0.15, 0.2) is 73.1 Å². The Labute approximate surface area is 141 Å². The lowest BCUT2D eigenvalue weighted by Gasteiger charge is -2.18. The Kier molecular flexibility index (Phi) is 4.91. The van der Waals surface area contributed by atoms with E-state index in [0.29, 0.717) is 13.1 Å². The normalized spacial score (nSPS) is 10.4. The van der Waals surface area contributed by atoms with E-state index in [1.54, 1.807) is 22.8 Å². The third kappa shape index (κ3) is 4.01. The van der Waals surface area contributed by atoms with Gasteiger partial charge in [-0.05, 0) is 29.3 Å². The van der Waals surface area contributed by atoms with Gasteiger partial charge in [-0.2, -0.15) is 5.10 Å². The lowest BCUT2D eigenvalue weighted by atomic mass is 10.2. The van der Waals surface area contributed by atoms with Gasteiger partial charge in [0.2, 0.25) is 0 Å². The predicted molar refractivity (Wildman–Crippen MR) is 93.7 cm³/mol. The summed E-state index contributed by atoms with van der Waals surface area (Å²) in [5.41, 5.74) is 3.15. The Morgan fingerprint density at radius 1 is 1.04 bits per heavy atom. The van der Waals surface area contributed by atoms with E-state index in [2.05, 4.69) is 10.4 Å². The van der Waals surface area contributed by atoms with Crippen LogP contribution < -0.4 is 5.32 Å². The van der Waals surface area contributed by atoms with E-state index in [-0.39, 0.29) is 6.03 Å². The first-order valence-electron chi connectivity index (χ1n) is 7.84. The SMILES string of the molecule is CN(Cc1ccccc1)C(=O)NCc1ccc(-n2cccn2)cc1. The van der Waals surface area contributed by atoms with Crippen LogP contribution >= 0.6 is 0 Å². The van der Waals surface area contributed by atoms with Crippen molar-refractivity contribution in [1.82, 2.24) is 20.0 Å². The molecule has 0 spiro atoms. The molecule has 5 heteroatoms. The predicted octanol–water partition coefficient (Wildman–Crippen LogP) is 3.21. The van der Waals surface area contributed by atoms with Gasteiger partial charge in [0, 0.05) is 32.5 Å². The van der Waals surface area contributed by atoms with Crippen molar-refractivity contribution >= 4 is 6.03 Å². The van der Waals surface area contributed by atoms with E-state index in [1.807, 2.05) is 66.9 Å². The highest BCUT2D eigenvalue weighted by Gasteiger charge is 2.08. The van der Waals surface area contributed by atoms with Crippen LogP contribution in [0, 0.1) is 0 Å². The van der Waals surface area contributed by atoms with Crippen LogP contribution in [-0.2, 0) is 13.1 Å². The van der Waals surface area contributed by atoms with Gasteiger partial charge in [0.15, 0.2) is 0 Å². The fraction of sp³-hybridized carbons (Fsp3) is 0.158. The molecule has 1 N–H and O–H groups in total. The number of nitrogens with zero attached hydrogens (tertiary/aromatic N) is 3. The zero-order chi connectivity index (χ0) is 16.8. The largest absolute Gasteiger partial charge is 0.334 e. The summed E-state index contributed by atoms with van der Waals surface area (Å²) in [7, 11) is 1.79. The van der Waals surface area contributed by atoms with Crippen molar-refractivity contribution in [3.05, 3.63) is 84.2 Å². The molecule has 0 atom stereocenters. The first-order chi connectivity index (χ1) is 11.7. The Morgan fingerprint density at radius 2 is 1.79 bits per heavy atom. The fourth-order valence-electron chi connectivity index (χ4n) is 2.43. The molecule has 2 aromatic carbocycles. The zero-order valence-electron chi connectivity index (χ0n) is 13.6. The molecular formula is C19H20N4O. The zero-order valence-corrected chi connectivity index (χ0v) is 13.6. The number of hydrogen-bond donors (Lipinski definition) is 1. The van der Waals surface area contributed by atoms with Gasteiger partial charge in [-0.15, -0.1) is 0 Å². The minimum absolute atomic E-state index is 0.0880. The van der Waals surface area contributed by atoms with E-state index >= 15 is 0 Å². The molecule has 0 bridgehead atoms. The van der Waals surface area contributed by atoms with Crippen LogP contribution in [0.1, 0.15) is 11.1 Å². The molecule has 3 aromatic rings. The maximum absolute atomic E-state index is 12.2. The van der Waals surface area contributed by atoms with E-state index in [9.17, 15) is 4.79 Å². The van der Waals surface area contributed by atoms with E-state index in [1.165, 1.54) is 0 Å². The number of aromatic nitrogens is 2. The third-order valence-corrected chi connectivity index (χ3v) is 3.76. The Bertz CT molecular complexity index is 767. The number of carbonyl (C=O) groups is 1. The van der Waals surface area contributed by atoms with Crippen LogP contribution in [0.25, 0.3) is 5.69 Å². The molecule has 0 fully saturated rings.